The molecule has 2 heteroatoms. The first-order valence-corrected chi connectivity index (χ1v) is 11.4. The molecule has 0 atom stereocenters. The molecule has 66 valence electrons. The number of hydrogen-bond donors (Lipinski definition) is 0. The third-order valence-corrected chi connectivity index (χ3v) is 10.2. The lowest BCUT2D eigenvalue weighted by atomic mass is 10.8. The van der Waals surface area contributed by atoms with Gasteiger partial charge < -0.3 is 0 Å². The Labute approximate surface area is 73.7 Å². The molecule has 0 aliphatic carbocycles. The lowest BCUT2D eigenvalue weighted by molar-refractivity contribution is 1.58. The summed E-state index contributed by atoms with van der Waals surface area (Å²) < 4.78 is 0. The van der Waals surface area contributed by atoms with Crippen LogP contribution in [0.15, 0.2) is 10.9 Å². The topological polar surface area (TPSA) is 0 Å². The molecule has 0 aromatic carbocycles. The van der Waals surface area contributed by atoms with Crippen LogP contribution in [-0.4, -0.2) is 16.1 Å². The smallest absolute Gasteiger partial charge is 0.0677 e. The van der Waals surface area contributed by atoms with Gasteiger partial charge in [-0.3, -0.25) is 0 Å². The van der Waals surface area contributed by atoms with Crippen LogP contribution in [0.1, 0.15) is 6.92 Å². The third kappa shape index (κ3) is 3.38. The lowest BCUT2D eigenvalue weighted by Crippen LogP contribution is -2.39. The van der Waals surface area contributed by atoms with Crippen molar-refractivity contribution in [2.24, 2.45) is 0 Å². The summed E-state index contributed by atoms with van der Waals surface area (Å²) in [4.78, 5) is 1.81. The van der Waals surface area contributed by atoms with Crippen LogP contribution < -0.4 is 0 Å². The molecule has 0 spiro atoms. The Morgan fingerprint density at radius 2 is 1.09 bits per heavy atom. The molecule has 0 bridgehead atoms. The molecule has 0 fully saturated rings. The minimum absolute atomic E-state index is 0.999. The summed E-state index contributed by atoms with van der Waals surface area (Å²) in [6.07, 6.45) is 2.37. The average Bonchev–Trinajstić information content (AvgIpc) is 1.56. The zero-order chi connectivity index (χ0) is 9.28. The first-order chi connectivity index (χ1) is 4.69. The molecule has 0 heterocycles. The second-order valence-electron chi connectivity index (χ2n) is 5.20. The van der Waals surface area contributed by atoms with Gasteiger partial charge in [0.2, 0.25) is 0 Å². The van der Waals surface area contributed by atoms with Gasteiger partial charge in [-0.25, -0.2) is 0 Å². The van der Waals surface area contributed by atoms with E-state index in [4.69, 9.17) is 0 Å². The van der Waals surface area contributed by atoms with Crippen molar-refractivity contribution >= 4 is 16.1 Å². The molecule has 0 rings (SSSR count). The molecule has 0 amide bonds. The second kappa shape index (κ2) is 3.27. The second-order valence-corrected chi connectivity index (χ2v) is 15.8. The number of hydrogen-bond acceptors (Lipinski definition) is 0. The molecule has 0 nitrogen and oxygen atoms in total. The fraction of sp³-hybridized carbons (Fsp3) is 0.778. The molecule has 0 unspecified atom stereocenters. The summed E-state index contributed by atoms with van der Waals surface area (Å²) in [6, 6.07) is 0. The first kappa shape index (κ1) is 11.2. The van der Waals surface area contributed by atoms with Crippen LogP contribution in [0, 0.1) is 0 Å². The molecule has 0 saturated carbocycles. The van der Waals surface area contributed by atoms with E-state index in [0.29, 0.717) is 0 Å². The molecule has 0 aliphatic rings. The van der Waals surface area contributed by atoms with Gasteiger partial charge in [-0.1, -0.05) is 50.2 Å². The Bertz CT molecular complexity index is 139. The minimum atomic E-state index is -0.999. The average molecular weight is 186 g/mol. The highest BCUT2D eigenvalue weighted by Crippen LogP contribution is 2.24. The molecule has 0 N–H and O–H groups in total. The van der Waals surface area contributed by atoms with Crippen molar-refractivity contribution < 1.29 is 0 Å². The predicted molar refractivity (Wildman–Crippen MR) is 60.4 cm³/mol. The summed E-state index contributed by atoms with van der Waals surface area (Å²) in [6.45, 7) is 16.9. The highest BCUT2D eigenvalue weighted by Gasteiger charge is 2.29. The Balaban J connectivity index is 4.74. The Hall–Kier alpha value is 0.174. The van der Waals surface area contributed by atoms with Crippen LogP contribution in [0.3, 0.4) is 0 Å². The summed E-state index contributed by atoms with van der Waals surface area (Å²) >= 11 is 0. The van der Waals surface area contributed by atoms with Gasteiger partial charge in [0.1, 0.15) is 0 Å². The van der Waals surface area contributed by atoms with E-state index < -0.39 is 16.1 Å². The van der Waals surface area contributed by atoms with E-state index in [-0.39, 0.29) is 0 Å². The van der Waals surface area contributed by atoms with Gasteiger partial charge in [0.15, 0.2) is 0 Å². The van der Waals surface area contributed by atoms with Gasteiger partial charge in [0.05, 0.1) is 16.1 Å². The molecule has 0 aromatic rings. The normalized spacial score (nSPS) is 13.0. The van der Waals surface area contributed by atoms with Gasteiger partial charge in [0.25, 0.3) is 0 Å². The summed E-state index contributed by atoms with van der Waals surface area (Å²) in [7, 11) is -2.00. The standard InChI is InChI=1S/C9H22Si2/c1-8-9(10(2,3)4)11(5,6)7/h8H,1-7H3. The van der Waals surface area contributed by atoms with Gasteiger partial charge in [-0.15, -0.1) is 0 Å². The highest BCUT2D eigenvalue weighted by molar-refractivity contribution is 7.04. The van der Waals surface area contributed by atoms with Crippen LogP contribution >= 0.6 is 0 Å². The maximum Gasteiger partial charge on any atom is 0.0677 e. The lowest BCUT2D eigenvalue weighted by Gasteiger charge is -2.31. The largest absolute Gasteiger partial charge is 0.0961 e. The van der Waals surface area contributed by atoms with Crippen molar-refractivity contribution in [3.63, 3.8) is 0 Å². The Kier molecular flexibility index (Phi) is 3.32. The van der Waals surface area contributed by atoms with Crippen molar-refractivity contribution in [3.05, 3.63) is 10.9 Å². The van der Waals surface area contributed by atoms with Crippen LogP contribution in [0.5, 0.6) is 0 Å². The molecule has 0 aromatic heterocycles. The quantitative estimate of drug-likeness (QED) is 0.577. The minimum Gasteiger partial charge on any atom is -0.0961 e. The SMILES string of the molecule is CC=C([Si](C)(C)C)[Si](C)(C)C. The predicted octanol–water partition coefficient (Wildman–Crippen LogP) is 3.69. The van der Waals surface area contributed by atoms with Crippen LogP contribution in [0.4, 0.5) is 0 Å². The van der Waals surface area contributed by atoms with Gasteiger partial charge in [-0.05, 0) is 6.92 Å². The van der Waals surface area contributed by atoms with E-state index in [2.05, 4.69) is 52.3 Å². The van der Waals surface area contributed by atoms with E-state index in [1.54, 1.807) is 0 Å². The van der Waals surface area contributed by atoms with Crippen molar-refractivity contribution in [1.82, 2.24) is 0 Å². The Morgan fingerprint density at radius 1 is 0.818 bits per heavy atom. The molecular formula is C9H22Si2. The van der Waals surface area contributed by atoms with Crippen molar-refractivity contribution in [2.75, 3.05) is 0 Å². The maximum absolute atomic E-state index is 2.45. The van der Waals surface area contributed by atoms with Crippen molar-refractivity contribution in [2.45, 2.75) is 46.2 Å². The monoisotopic (exact) mass is 186 g/mol. The first-order valence-electron chi connectivity index (χ1n) is 4.37. The number of allylic oxidation sites excluding steroid dienone is 1. The fourth-order valence-electron chi connectivity index (χ4n) is 1.99. The van der Waals surface area contributed by atoms with Crippen LogP contribution in [0.25, 0.3) is 0 Å². The van der Waals surface area contributed by atoms with Crippen molar-refractivity contribution in [1.29, 1.82) is 0 Å². The Morgan fingerprint density at radius 3 is 1.09 bits per heavy atom. The molecule has 0 aliphatic heterocycles. The molecule has 11 heavy (non-hydrogen) atoms. The maximum atomic E-state index is 2.45. The van der Waals surface area contributed by atoms with E-state index >= 15 is 0 Å². The van der Waals surface area contributed by atoms with E-state index in [0.717, 1.165) is 0 Å². The number of rotatable bonds is 2. The van der Waals surface area contributed by atoms with Crippen molar-refractivity contribution in [3.8, 4) is 0 Å². The highest BCUT2D eigenvalue weighted by atomic mass is 28.4. The molecule has 0 radical (unpaired) electrons. The third-order valence-electron chi connectivity index (χ3n) is 1.90. The summed E-state index contributed by atoms with van der Waals surface area (Å²) in [5, 5.41) is 0. The van der Waals surface area contributed by atoms with Gasteiger partial charge in [-0.2, -0.15) is 0 Å². The summed E-state index contributed by atoms with van der Waals surface area (Å²) in [5.74, 6) is 0. The van der Waals surface area contributed by atoms with E-state index in [1.807, 2.05) is 4.82 Å². The molecular weight excluding hydrogens is 164 g/mol. The van der Waals surface area contributed by atoms with E-state index in [9.17, 15) is 0 Å². The van der Waals surface area contributed by atoms with Gasteiger partial charge >= 0.3 is 0 Å². The summed E-state index contributed by atoms with van der Waals surface area (Å²) in [5.41, 5.74) is 0. The van der Waals surface area contributed by atoms with Gasteiger partial charge in [0, 0.05) is 0 Å². The fourth-order valence-corrected chi connectivity index (χ4v) is 12.7. The van der Waals surface area contributed by atoms with Crippen LogP contribution in [-0.2, 0) is 0 Å². The molecule has 0 saturated heterocycles. The van der Waals surface area contributed by atoms with Crippen LogP contribution in [0.2, 0.25) is 39.3 Å². The zero-order valence-electron chi connectivity index (χ0n) is 9.08. The zero-order valence-corrected chi connectivity index (χ0v) is 11.1. The van der Waals surface area contributed by atoms with E-state index in [1.165, 1.54) is 0 Å².